The number of hydrogen-bond acceptors (Lipinski definition) is 12. The predicted octanol–water partition coefficient (Wildman–Crippen LogP) is 3.73. The molecule has 0 atom stereocenters. The molecular formula is C30H36N6O9. The summed E-state index contributed by atoms with van der Waals surface area (Å²) >= 11 is 0. The van der Waals surface area contributed by atoms with Crippen LogP contribution in [0.2, 0.25) is 0 Å². The van der Waals surface area contributed by atoms with E-state index in [0.29, 0.717) is 96.0 Å². The van der Waals surface area contributed by atoms with Crippen molar-refractivity contribution in [3.8, 4) is 22.8 Å². The largest absolute Gasteiger partial charge is 0.504 e. The fraction of sp³-hybridized carbons (Fsp3) is 0.433. The lowest BCUT2D eigenvalue weighted by molar-refractivity contribution is -0.0111. The molecule has 0 amide bonds. The summed E-state index contributed by atoms with van der Waals surface area (Å²) in [5.74, 6) is 0.271. The van der Waals surface area contributed by atoms with Gasteiger partial charge in [0.2, 0.25) is 5.75 Å². The molecule has 0 saturated carbocycles. The number of rotatable bonds is 22. The molecule has 0 bridgehead atoms. The fourth-order valence-electron chi connectivity index (χ4n) is 4.02. The molecule has 15 heteroatoms. The topological polar surface area (TPSA) is 185 Å². The summed E-state index contributed by atoms with van der Waals surface area (Å²) in [6, 6.07) is 13.5. The zero-order valence-corrected chi connectivity index (χ0v) is 24.8. The molecule has 240 valence electrons. The van der Waals surface area contributed by atoms with Gasteiger partial charge in [-0.3, -0.25) is 4.79 Å². The average molecular weight is 625 g/mol. The number of nitrogens with zero attached hydrogens (tertiary/aromatic N) is 6. The molecular weight excluding hydrogens is 588 g/mol. The quantitative estimate of drug-likeness (QED) is 0.0581. The van der Waals surface area contributed by atoms with Crippen molar-refractivity contribution in [1.29, 1.82) is 0 Å². The first-order valence-corrected chi connectivity index (χ1v) is 14.4. The second kappa shape index (κ2) is 19.0. The first-order chi connectivity index (χ1) is 22.2. The average Bonchev–Trinajstić information content (AvgIpc) is 3.51. The Balaban J connectivity index is 1.08. The molecule has 1 N–H and O–H groups in total. The van der Waals surface area contributed by atoms with Crippen LogP contribution in [-0.2, 0) is 36.8 Å². The molecule has 0 radical (unpaired) electrons. The van der Waals surface area contributed by atoms with Gasteiger partial charge in [-0.25, -0.2) is 4.68 Å². The van der Waals surface area contributed by atoms with E-state index in [-0.39, 0.29) is 29.1 Å². The van der Waals surface area contributed by atoms with Gasteiger partial charge >= 0.3 is 0 Å². The van der Waals surface area contributed by atoms with Crippen molar-refractivity contribution < 1.29 is 37.9 Å². The van der Waals surface area contributed by atoms with E-state index < -0.39 is 0 Å². The normalized spacial score (nSPS) is 11.1. The van der Waals surface area contributed by atoms with E-state index in [1.807, 2.05) is 30.3 Å². The van der Waals surface area contributed by atoms with Crippen LogP contribution < -0.4 is 10.2 Å². The van der Waals surface area contributed by atoms with E-state index in [2.05, 4.69) is 20.3 Å². The van der Waals surface area contributed by atoms with Crippen LogP contribution in [0, 0.1) is 0 Å². The van der Waals surface area contributed by atoms with Gasteiger partial charge in [-0.15, -0.1) is 5.10 Å². The second-order valence-corrected chi connectivity index (χ2v) is 9.41. The number of phenols is 1. The fourth-order valence-corrected chi connectivity index (χ4v) is 4.02. The Kier molecular flexibility index (Phi) is 14.1. The smallest absolute Gasteiger partial charge is 0.205 e. The lowest BCUT2D eigenvalue weighted by Gasteiger charge is -2.10. The highest BCUT2D eigenvalue weighted by molar-refractivity contribution is 5.86. The van der Waals surface area contributed by atoms with E-state index in [1.54, 1.807) is 10.9 Å². The van der Waals surface area contributed by atoms with Crippen molar-refractivity contribution in [1.82, 2.24) is 15.0 Å². The van der Waals surface area contributed by atoms with E-state index >= 15 is 0 Å². The molecule has 2 heterocycles. The van der Waals surface area contributed by atoms with Gasteiger partial charge < -0.3 is 37.9 Å². The molecule has 15 nitrogen and oxygen atoms in total. The van der Waals surface area contributed by atoms with Crippen molar-refractivity contribution in [2.24, 2.45) is 5.11 Å². The molecule has 0 aliphatic carbocycles. The SMILES string of the molecule is [N-]=[N+]=NCCOCCOCCOCCOCCOCCn1cc(COc2c(O)ccc3c(=O)cc(-c4ccccc4)oc23)nn1. The van der Waals surface area contributed by atoms with Crippen molar-refractivity contribution in [3.63, 3.8) is 0 Å². The number of azide groups is 1. The Hall–Kier alpha value is -4.50. The number of fused-ring (bicyclic) bond motifs is 1. The van der Waals surface area contributed by atoms with Crippen LogP contribution in [0.25, 0.3) is 32.7 Å². The monoisotopic (exact) mass is 624 g/mol. The first kappa shape index (κ1) is 33.4. The Bertz CT molecular complexity index is 1560. The minimum absolute atomic E-state index is 0.00337. The lowest BCUT2D eigenvalue weighted by atomic mass is 10.1. The summed E-state index contributed by atoms with van der Waals surface area (Å²) < 4.78 is 40.6. The Morgan fingerprint density at radius 2 is 1.51 bits per heavy atom. The minimum Gasteiger partial charge on any atom is -0.504 e. The van der Waals surface area contributed by atoms with Gasteiger partial charge in [0.15, 0.2) is 16.8 Å². The Morgan fingerprint density at radius 3 is 2.18 bits per heavy atom. The third-order valence-electron chi connectivity index (χ3n) is 6.19. The van der Waals surface area contributed by atoms with Crippen LogP contribution in [0.15, 0.2) is 69.1 Å². The summed E-state index contributed by atoms with van der Waals surface area (Å²) in [5.41, 5.74) is 9.32. The van der Waals surface area contributed by atoms with Crippen LogP contribution in [-0.4, -0.2) is 92.7 Å². The highest BCUT2D eigenvalue weighted by Gasteiger charge is 2.16. The van der Waals surface area contributed by atoms with Crippen LogP contribution in [0.1, 0.15) is 5.69 Å². The van der Waals surface area contributed by atoms with Crippen molar-refractivity contribution >= 4 is 11.0 Å². The molecule has 0 spiro atoms. The maximum absolute atomic E-state index is 12.8. The lowest BCUT2D eigenvalue weighted by Crippen LogP contribution is -2.14. The number of phenolic OH excluding ortho intramolecular Hbond substituents is 1. The molecule has 45 heavy (non-hydrogen) atoms. The Labute approximate surface area is 258 Å². The molecule has 0 aliphatic heterocycles. The predicted molar refractivity (Wildman–Crippen MR) is 162 cm³/mol. The van der Waals surface area contributed by atoms with E-state index in [4.69, 9.17) is 38.4 Å². The summed E-state index contributed by atoms with van der Waals surface area (Å²) in [7, 11) is 0. The van der Waals surface area contributed by atoms with Crippen molar-refractivity contribution in [2.45, 2.75) is 13.2 Å². The molecule has 4 aromatic rings. The van der Waals surface area contributed by atoms with Crippen LogP contribution in [0.4, 0.5) is 0 Å². The summed E-state index contributed by atoms with van der Waals surface area (Å²) in [6.07, 6.45) is 1.72. The van der Waals surface area contributed by atoms with Crippen LogP contribution in [0.5, 0.6) is 11.5 Å². The number of benzene rings is 2. The number of ether oxygens (including phenoxy) is 6. The van der Waals surface area contributed by atoms with Gasteiger partial charge in [-0.1, -0.05) is 40.7 Å². The number of hydrogen-bond donors (Lipinski definition) is 1. The number of aromatic nitrogens is 3. The van der Waals surface area contributed by atoms with Crippen LogP contribution >= 0.6 is 0 Å². The zero-order chi connectivity index (χ0) is 31.5. The van der Waals surface area contributed by atoms with Gasteiger partial charge in [0.1, 0.15) is 18.1 Å². The van der Waals surface area contributed by atoms with Crippen molar-refractivity contribution in [3.05, 3.63) is 81.1 Å². The maximum Gasteiger partial charge on any atom is 0.205 e. The van der Waals surface area contributed by atoms with Crippen molar-refractivity contribution in [2.75, 3.05) is 72.6 Å². The molecule has 2 aromatic heterocycles. The molecule has 0 saturated heterocycles. The summed E-state index contributed by atoms with van der Waals surface area (Å²) in [4.78, 5) is 15.4. The third kappa shape index (κ3) is 11.2. The standard InChI is InChI=1S/C30H36N6O9/c31-34-32-8-10-39-12-14-41-16-18-43-19-17-42-15-13-40-11-9-36-21-24(33-35-36)22-44-30-26(37)7-6-25-27(38)20-28(45-29(25)30)23-4-2-1-3-5-23/h1-7,20-21,37H,8-19,22H2. The summed E-state index contributed by atoms with van der Waals surface area (Å²) in [5, 5.41) is 22.3. The second-order valence-electron chi connectivity index (χ2n) is 9.41. The van der Waals surface area contributed by atoms with Crippen LogP contribution in [0.3, 0.4) is 0 Å². The molecule has 0 fully saturated rings. The van der Waals surface area contributed by atoms with Gasteiger partial charge in [-0.2, -0.15) is 0 Å². The van der Waals surface area contributed by atoms with E-state index in [9.17, 15) is 9.90 Å². The third-order valence-corrected chi connectivity index (χ3v) is 6.19. The molecule has 0 unspecified atom stereocenters. The molecule has 4 rings (SSSR count). The Morgan fingerprint density at radius 1 is 0.867 bits per heavy atom. The number of aromatic hydroxyl groups is 1. The minimum atomic E-state index is -0.245. The van der Waals surface area contributed by atoms with E-state index in [1.165, 1.54) is 18.2 Å². The first-order valence-electron chi connectivity index (χ1n) is 14.4. The van der Waals surface area contributed by atoms with Gasteiger partial charge in [0.25, 0.3) is 0 Å². The summed E-state index contributed by atoms with van der Waals surface area (Å²) in [6.45, 7) is 5.13. The zero-order valence-electron chi connectivity index (χ0n) is 24.8. The van der Waals surface area contributed by atoms with Gasteiger partial charge in [0, 0.05) is 23.1 Å². The maximum atomic E-state index is 12.8. The molecule has 0 aliphatic rings. The van der Waals surface area contributed by atoms with Gasteiger partial charge in [0.05, 0.1) is 84.2 Å². The highest BCUT2D eigenvalue weighted by Crippen LogP contribution is 2.36. The molecule has 2 aromatic carbocycles. The van der Waals surface area contributed by atoms with Gasteiger partial charge in [-0.05, 0) is 17.7 Å². The van der Waals surface area contributed by atoms with E-state index in [0.717, 1.165) is 5.56 Å². The highest BCUT2D eigenvalue weighted by atomic mass is 16.6.